The number of benzene rings is 2. The lowest BCUT2D eigenvalue weighted by atomic mass is 9.93. The summed E-state index contributed by atoms with van der Waals surface area (Å²) in [5.74, 6) is -1.16. The van der Waals surface area contributed by atoms with Crippen molar-refractivity contribution in [1.82, 2.24) is 4.90 Å². The van der Waals surface area contributed by atoms with Crippen molar-refractivity contribution in [3.05, 3.63) is 70.0 Å². The Morgan fingerprint density at radius 1 is 1.27 bits per heavy atom. The molecule has 1 N–H and O–H groups in total. The maximum atomic E-state index is 13.4. The van der Waals surface area contributed by atoms with Gasteiger partial charge >= 0.3 is 5.97 Å². The first-order valence-corrected chi connectivity index (χ1v) is 7.39. The molecule has 0 amide bonds. The van der Waals surface area contributed by atoms with Gasteiger partial charge in [0.1, 0.15) is 11.9 Å². The number of aliphatic carboxylic acids is 1. The molecule has 0 fully saturated rings. The van der Waals surface area contributed by atoms with Gasteiger partial charge < -0.3 is 5.11 Å². The van der Waals surface area contributed by atoms with Gasteiger partial charge in [0.15, 0.2) is 0 Å². The van der Waals surface area contributed by atoms with E-state index in [1.54, 1.807) is 12.1 Å². The Kier molecular flexibility index (Phi) is 4.14. The van der Waals surface area contributed by atoms with Gasteiger partial charge in [0.2, 0.25) is 0 Å². The Balaban J connectivity index is 1.89. The molecule has 0 spiro atoms. The van der Waals surface area contributed by atoms with Crippen molar-refractivity contribution >= 4 is 17.6 Å². The Bertz CT molecular complexity index is 720. The maximum absolute atomic E-state index is 13.4. The van der Waals surface area contributed by atoms with Crippen molar-refractivity contribution in [1.29, 1.82) is 0 Å². The van der Waals surface area contributed by atoms with Crippen LogP contribution in [0, 0.1) is 5.82 Å². The number of hydrogen-bond donors (Lipinski definition) is 1. The fourth-order valence-electron chi connectivity index (χ4n) is 2.89. The molecule has 1 heterocycles. The number of carbonyl (C=O) groups is 1. The monoisotopic (exact) mass is 319 g/mol. The van der Waals surface area contributed by atoms with E-state index in [-0.39, 0.29) is 5.82 Å². The van der Waals surface area contributed by atoms with Gasteiger partial charge in [-0.25, -0.2) is 4.39 Å². The van der Waals surface area contributed by atoms with Crippen molar-refractivity contribution in [2.45, 2.75) is 25.6 Å². The van der Waals surface area contributed by atoms with Crippen LogP contribution in [-0.2, 0) is 24.3 Å². The summed E-state index contributed by atoms with van der Waals surface area (Å²) in [6.07, 6.45) is 0.380. The van der Waals surface area contributed by atoms with Gasteiger partial charge in [0.25, 0.3) is 0 Å². The van der Waals surface area contributed by atoms with Crippen molar-refractivity contribution in [3.63, 3.8) is 0 Å². The first-order valence-electron chi connectivity index (χ1n) is 7.01. The number of carboxylic acids is 1. The lowest BCUT2D eigenvalue weighted by Crippen LogP contribution is -2.45. The highest BCUT2D eigenvalue weighted by Gasteiger charge is 2.31. The van der Waals surface area contributed by atoms with E-state index in [2.05, 4.69) is 0 Å². The quantitative estimate of drug-likeness (QED) is 0.941. The van der Waals surface area contributed by atoms with Crippen LogP contribution in [-0.4, -0.2) is 22.0 Å². The minimum atomic E-state index is -0.864. The molecule has 0 saturated carbocycles. The highest BCUT2D eigenvalue weighted by Crippen LogP contribution is 2.26. The second-order valence-electron chi connectivity index (χ2n) is 5.51. The molecule has 0 radical (unpaired) electrons. The summed E-state index contributed by atoms with van der Waals surface area (Å²) in [5.41, 5.74) is 2.69. The molecule has 1 unspecified atom stereocenters. The summed E-state index contributed by atoms with van der Waals surface area (Å²) in [5, 5.41) is 10.1. The molecule has 0 saturated heterocycles. The molecule has 0 bridgehead atoms. The third-order valence-corrected chi connectivity index (χ3v) is 4.19. The first-order chi connectivity index (χ1) is 10.5. The number of halogens is 2. The van der Waals surface area contributed by atoms with Crippen LogP contribution in [0.5, 0.6) is 0 Å². The van der Waals surface area contributed by atoms with E-state index in [0.29, 0.717) is 24.5 Å². The fourth-order valence-corrected chi connectivity index (χ4v) is 3.10. The smallest absolute Gasteiger partial charge is 0.321 e. The zero-order chi connectivity index (χ0) is 15.7. The average Bonchev–Trinajstić information content (AvgIpc) is 2.46. The number of nitrogens with zero attached hydrogens (tertiary/aromatic N) is 1. The van der Waals surface area contributed by atoms with Crippen LogP contribution in [0.3, 0.4) is 0 Å². The number of hydrogen-bond acceptors (Lipinski definition) is 2. The van der Waals surface area contributed by atoms with Gasteiger partial charge in [-0.15, -0.1) is 0 Å². The van der Waals surface area contributed by atoms with Crippen molar-refractivity contribution in [3.8, 4) is 0 Å². The molecule has 0 aliphatic carbocycles. The van der Waals surface area contributed by atoms with Crippen LogP contribution < -0.4 is 0 Å². The fraction of sp³-hybridized carbons (Fsp3) is 0.235. The van der Waals surface area contributed by atoms with Crippen molar-refractivity contribution in [2.24, 2.45) is 0 Å². The molecule has 1 atom stereocenters. The topological polar surface area (TPSA) is 40.5 Å². The van der Waals surface area contributed by atoms with E-state index in [0.717, 1.165) is 16.7 Å². The van der Waals surface area contributed by atoms with Crippen LogP contribution in [0.1, 0.15) is 16.7 Å². The predicted octanol–water partition coefficient (Wildman–Crippen LogP) is 3.49. The molecule has 114 valence electrons. The molecule has 2 aromatic carbocycles. The predicted molar refractivity (Wildman–Crippen MR) is 82.2 cm³/mol. The van der Waals surface area contributed by atoms with Crippen LogP contribution in [0.2, 0.25) is 5.02 Å². The molecule has 2 aromatic rings. The molecule has 3 rings (SSSR count). The first kappa shape index (κ1) is 15.0. The molecule has 3 nitrogen and oxygen atoms in total. The zero-order valence-electron chi connectivity index (χ0n) is 11.8. The number of rotatable bonds is 3. The highest BCUT2D eigenvalue weighted by molar-refractivity contribution is 6.30. The van der Waals surface area contributed by atoms with Crippen LogP contribution in [0.25, 0.3) is 0 Å². The van der Waals surface area contributed by atoms with Gasteiger partial charge in [-0.05, 0) is 47.4 Å². The highest BCUT2D eigenvalue weighted by atomic mass is 35.5. The molecule has 1 aliphatic rings. The summed E-state index contributed by atoms with van der Waals surface area (Å²) >= 11 is 5.98. The van der Waals surface area contributed by atoms with Crippen LogP contribution in [0.15, 0.2) is 42.5 Å². The molecule has 1 aliphatic heterocycles. The van der Waals surface area contributed by atoms with Gasteiger partial charge in [0, 0.05) is 18.1 Å². The van der Waals surface area contributed by atoms with E-state index in [4.69, 9.17) is 11.6 Å². The third kappa shape index (κ3) is 3.13. The minimum absolute atomic E-state index is 0.296. The Hall–Kier alpha value is -1.91. The molecule has 5 heteroatoms. The molecule has 22 heavy (non-hydrogen) atoms. The third-order valence-electron chi connectivity index (χ3n) is 3.96. The lowest BCUT2D eigenvalue weighted by Gasteiger charge is -2.34. The normalized spacial score (nSPS) is 18.0. The van der Waals surface area contributed by atoms with E-state index >= 15 is 0 Å². The molecular formula is C17H15ClFNO2. The van der Waals surface area contributed by atoms with Crippen molar-refractivity contribution in [2.75, 3.05) is 0 Å². The average molecular weight is 320 g/mol. The standard InChI is InChI=1S/C17H15ClFNO2/c18-14-3-1-2-11(6-14)9-20-10-13-7-15(19)5-4-12(13)8-16(20)17(21)22/h1-7,16H,8-10H2,(H,21,22). The van der Waals surface area contributed by atoms with Crippen LogP contribution in [0.4, 0.5) is 4.39 Å². The second-order valence-corrected chi connectivity index (χ2v) is 5.94. The zero-order valence-corrected chi connectivity index (χ0v) is 12.6. The van der Waals surface area contributed by atoms with E-state index in [1.807, 2.05) is 23.1 Å². The summed E-state index contributed by atoms with van der Waals surface area (Å²) in [7, 11) is 0. The van der Waals surface area contributed by atoms with Gasteiger partial charge in [0.05, 0.1) is 0 Å². The summed E-state index contributed by atoms with van der Waals surface area (Å²) < 4.78 is 13.4. The van der Waals surface area contributed by atoms with E-state index < -0.39 is 12.0 Å². The minimum Gasteiger partial charge on any atom is -0.480 e. The van der Waals surface area contributed by atoms with Crippen LogP contribution >= 0.6 is 11.6 Å². The second kappa shape index (κ2) is 6.07. The SMILES string of the molecule is O=C(O)C1Cc2ccc(F)cc2CN1Cc1cccc(Cl)c1. The van der Waals surface area contributed by atoms with Gasteiger partial charge in [-0.3, -0.25) is 9.69 Å². The maximum Gasteiger partial charge on any atom is 0.321 e. The Morgan fingerprint density at radius 3 is 2.82 bits per heavy atom. The Morgan fingerprint density at radius 2 is 2.09 bits per heavy atom. The summed E-state index contributed by atoms with van der Waals surface area (Å²) in [6.45, 7) is 0.879. The summed E-state index contributed by atoms with van der Waals surface area (Å²) in [4.78, 5) is 13.4. The molecular weight excluding hydrogens is 305 g/mol. The molecule has 0 aromatic heterocycles. The van der Waals surface area contributed by atoms with E-state index in [1.165, 1.54) is 12.1 Å². The lowest BCUT2D eigenvalue weighted by molar-refractivity contribution is -0.144. The van der Waals surface area contributed by atoms with Gasteiger partial charge in [-0.1, -0.05) is 29.8 Å². The Labute approximate surface area is 132 Å². The van der Waals surface area contributed by atoms with Crippen molar-refractivity contribution < 1.29 is 14.3 Å². The summed E-state index contributed by atoms with van der Waals surface area (Å²) in [6, 6.07) is 11.3. The number of carboxylic acid groups (broad SMARTS) is 1. The number of fused-ring (bicyclic) bond motifs is 1. The van der Waals surface area contributed by atoms with E-state index in [9.17, 15) is 14.3 Å². The largest absolute Gasteiger partial charge is 0.480 e. The van der Waals surface area contributed by atoms with Gasteiger partial charge in [-0.2, -0.15) is 0 Å².